The number of nitrogens with zero attached hydrogens (tertiary/aromatic N) is 3. The van der Waals surface area contributed by atoms with Crippen molar-refractivity contribution in [3.05, 3.63) is 35.0 Å². The first-order chi connectivity index (χ1) is 11.7. The van der Waals surface area contributed by atoms with Crippen LogP contribution >= 0.6 is 0 Å². The first-order valence-electron chi connectivity index (χ1n) is 8.41. The summed E-state index contributed by atoms with van der Waals surface area (Å²) in [6.45, 7) is 8.76. The molecule has 0 radical (unpaired) electrons. The van der Waals surface area contributed by atoms with Crippen LogP contribution in [0.15, 0.2) is 22.7 Å². The Hall–Kier alpha value is -2.34. The maximum atomic E-state index is 12.8. The average molecular weight is 327 g/mol. The van der Waals surface area contributed by atoms with Crippen LogP contribution in [0.2, 0.25) is 0 Å². The molecule has 24 heavy (non-hydrogen) atoms. The van der Waals surface area contributed by atoms with Crippen molar-refractivity contribution in [2.24, 2.45) is 0 Å². The van der Waals surface area contributed by atoms with Gasteiger partial charge in [-0.25, -0.2) is 0 Å². The smallest absolute Gasteiger partial charge is 0.276 e. The van der Waals surface area contributed by atoms with Crippen molar-refractivity contribution in [1.29, 1.82) is 0 Å². The van der Waals surface area contributed by atoms with Gasteiger partial charge in [0.25, 0.3) is 5.91 Å². The predicted molar refractivity (Wildman–Crippen MR) is 89.0 cm³/mol. The van der Waals surface area contributed by atoms with E-state index in [1.165, 1.54) is 0 Å². The van der Waals surface area contributed by atoms with Crippen molar-refractivity contribution < 1.29 is 14.1 Å². The summed E-state index contributed by atoms with van der Waals surface area (Å²) in [7, 11) is 0. The van der Waals surface area contributed by atoms with Gasteiger partial charge >= 0.3 is 0 Å². The van der Waals surface area contributed by atoms with Crippen LogP contribution in [0.1, 0.15) is 28.5 Å². The third-order valence-corrected chi connectivity index (χ3v) is 4.85. The number of likely N-dealkylation sites (N-methyl/N-ethyl adjacent to an activating group) is 1. The van der Waals surface area contributed by atoms with Crippen molar-refractivity contribution in [2.75, 3.05) is 32.7 Å². The summed E-state index contributed by atoms with van der Waals surface area (Å²) in [5.41, 5.74) is 3.14. The van der Waals surface area contributed by atoms with Gasteiger partial charge in [0.15, 0.2) is 11.5 Å². The van der Waals surface area contributed by atoms with Gasteiger partial charge in [0.1, 0.15) is 12.4 Å². The summed E-state index contributed by atoms with van der Waals surface area (Å²) in [5.74, 6) is 1.38. The van der Waals surface area contributed by atoms with Gasteiger partial charge in [-0.15, -0.1) is 0 Å². The number of aryl methyl sites for hydroxylation is 1. The van der Waals surface area contributed by atoms with E-state index in [2.05, 4.69) is 17.0 Å². The lowest BCUT2D eigenvalue weighted by Gasteiger charge is -2.33. The molecule has 4 rings (SSSR count). The van der Waals surface area contributed by atoms with Crippen LogP contribution in [0.25, 0.3) is 11.3 Å². The van der Waals surface area contributed by atoms with Gasteiger partial charge in [-0.1, -0.05) is 23.7 Å². The summed E-state index contributed by atoms with van der Waals surface area (Å²) in [5, 5.41) is 4.08. The molecule has 2 aliphatic heterocycles. The van der Waals surface area contributed by atoms with Gasteiger partial charge in [0, 0.05) is 26.2 Å². The molecule has 0 bridgehead atoms. The van der Waals surface area contributed by atoms with Crippen molar-refractivity contribution in [2.45, 2.75) is 20.5 Å². The minimum absolute atomic E-state index is 0.0598. The van der Waals surface area contributed by atoms with Gasteiger partial charge in [-0.2, -0.15) is 0 Å². The Kier molecular flexibility index (Phi) is 3.76. The molecule has 1 aromatic carbocycles. The number of hydrogen-bond acceptors (Lipinski definition) is 5. The molecular weight excluding hydrogens is 306 g/mol. The lowest BCUT2D eigenvalue weighted by Crippen LogP contribution is -2.48. The molecule has 0 saturated carbocycles. The van der Waals surface area contributed by atoms with Crippen molar-refractivity contribution in [3.63, 3.8) is 0 Å². The SMILES string of the molecule is CCN1CCN(C(=O)c2noc3c2COc2ccc(C)cc2-3)CC1. The summed E-state index contributed by atoms with van der Waals surface area (Å²) in [6.07, 6.45) is 0. The first kappa shape index (κ1) is 15.2. The molecule has 2 aliphatic rings. The van der Waals surface area contributed by atoms with Gasteiger partial charge in [0.05, 0.1) is 11.1 Å². The molecule has 0 atom stereocenters. The highest BCUT2D eigenvalue weighted by Crippen LogP contribution is 2.39. The maximum Gasteiger partial charge on any atom is 0.276 e. The number of rotatable bonds is 2. The molecule has 126 valence electrons. The molecule has 2 aromatic rings. The second-order valence-electron chi connectivity index (χ2n) is 6.35. The average Bonchev–Trinajstić information content (AvgIpc) is 3.05. The molecular formula is C18H21N3O3. The van der Waals surface area contributed by atoms with E-state index in [4.69, 9.17) is 9.26 Å². The van der Waals surface area contributed by atoms with Crippen LogP contribution in [0, 0.1) is 6.92 Å². The van der Waals surface area contributed by atoms with Crippen LogP contribution in [-0.2, 0) is 6.61 Å². The molecule has 1 aromatic heterocycles. The maximum absolute atomic E-state index is 12.8. The fourth-order valence-electron chi connectivity index (χ4n) is 3.34. The number of benzene rings is 1. The zero-order chi connectivity index (χ0) is 16.7. The molecule has 0 unspecified atom stereocenters. The Bertz CT molecular complexity index is 776. The normalized spacial score (nSPS) is 17.2. The number of piperazine rings is 1. The van der Waals surface area contributed by atoms with E-state index < -0.39 is 0 Å². The van der Waals surface area contributed by atoms with Crippen LogP contribution in [0.5, 0.6) is 5.75 Å². The lowest BCUT2D eigenvalue weighted by atomic mass is 10.0. The number of amides is 1. The monoisotopic (exact) mass is 327 g/mol. The summed E-state index contributed by atoms with van der Waals surface area (Å²) in [6, 6.07) is 5.94. The Balaban J connectivity index is 1.62. The Morgan fingerprint density at radius 1 is 1.25 bits per heavy atom. The topological polar surface area (TPSA) is 58.8 Å². The highest BCUT2D eigenvalue weighted by Gasteiger charge is 2.32. The van der Waals surface area contributed by atoms with E-state index >= 15 is 0 Å². The summed E-state index contributed by atoms with van der Waals surface area (Å²) >= 11 is 0. The van der Waals surface area contributed by atoms with Crippen LogP contribution in [0.3, 0.4) is 0 Å². The zero-order valence-corrected chi connectivity index (χ0v) is 14.0. The molecule has 1 fully saturated rings. The second kappa shape index (κ2) is 5.94. The summed E-state index contributed by atoms with van der Waals surface area (Å²) < 4.78 is 11.3. The van der Waals surface area contributed by atoms with Crippen LogP contribution < -0.4 is 4.74 Å². The molecule has 0 N–H and O–H groups in total. The highest BCUT2D eigenvalue weighted by atomic mass is 16.5. The first-order valence-corrected chi connectivity index (χ1v) is 8.41. The molecule has 6 nitrogen and oxygen atoms in total. The van der Waals surface area contributed by atoms with E-state index in [0.29, 0.717) is 18.1 Å². The van der Waals surface area contributed by atoms with E-state index in [9.17, 15) is 4.79 Å². The minimum Gasteiger partial charge on any atom is -0.488 e. The zero-order valence-electron chi connectivity index (χ0n) is 14.0. The number of fused-ring (bicyclic) bond motifs is 3. The fraction of sp³-hybridized carbons (Fsp3) is 0.444. The fourth-order valence-corrected chi connectivity index (χ4v) is 3.34. The quantitative estimate of drug-likeness (QED) is 0.847. The standard InChI is InChI=1S/C18H21N3O3/c1-3-20-6-8-21(9-7-20)18(22)16-14-11-23-15-5-4-12(2)10-13(15)17(14)24-19-16/h4-5,10H,3,6-9,11H2,1-2H3. The van der Waals surface area contributed by atoms with Crippen molar-refractivity contribution >= 4 is 5.91 Å². The molecule has 0 aliphatic carbocycles. The molecule has 3 heterocycles. The third kappa shape index (κ3) is 2.47. The van der Waals surface area contributed by atoms with Gasteiger partial charge < -0.3 is 19.1 Å². The number of ether oxygens (including phenoxy) is 1. The minimum atomic E-state index is -0.0598. The third-order valence-electron chi connectivity index (χ3n) is 4.85. The Morgan fingerprint density at radius 3 is 2.79 bits per heavy atom. The van der Waals surface area contributed by atoms with E-state index in [-0.39, 0.29) is 5.91 Å². The van der Waals surface area contributed by atoms with E-state index in [1.807, 2.05) is 30.0 Å². The molecule has 1 amide bonds. The van der Waals surface area contributed by atoms with Crippen molar-refractivity contribution in [1.82, 2.24) is 15.0 Å². The molecule has 0 spiro atoms. The number of carbonyl (C=O) groups is 1. The van der Waals surface area contributed by atoms with E-state index in [1.54, 1.807) is 0 Å². The van der Waals surface area contributed by atoms with Gasteiger partial charge in [-0.3, -0.25) is 4.79 Å². The molecule has 6 heteroatoms. The predicted octanol–water partition coefficient (Wildman–Crippen LogP) is 2.32. The number of aromatic nitrogens is 1. The number of hydrogen-bond donors (Lipinski definition) is 0. The Morgan fingerprint density at radius 2 is 2.04 bits per heavy atom. The van der Waals surface area contributed by atoms with Gasteiger partial charge in [0.2, 0.25) is 0 Å². The van der Waals surface area contributed by atoms with Crippen LogP contribution in [0.4, 0.5) is 0 Å². The van der Waals surface area contributed by atoms with Crippen LogP contribution in [-0.4, -0.2) is 53.6 Å². The summed E-state index contributed by atoms with van der Waals surface area (Å²) in [4.78, 5) is 17.0. The Labute approximate surface area is 141 Å². The van der Waals surface area contributed by atoms with Crippen molar-refractivity contribution in [3.8, 4) is 17.1 Å². The second-order valence-corrected chi connectivity index (χ2v) is 6.35. The number of carbonyl (C=O) groups excluding carboxylic acids is 1. The van der Waals surface area contributed by atoms with Gasteiger partial charge in [-0.05, 0) is 25.6 Å². The largest absolute Gasteiger partial charge is 0.488 e. The molecule has 1 saturated heterocycles. The lowest BCUT2D eigenvalue weighted by molar-refractivity contribution is 0.0631. The highest BCUT2D eigenvalue weighted by molar-refractivity contribution is 5.95. The van der Waals surface area contributed by atoms with E-state index in [0.717, 1.165) is 55.2 Å².